The Hall–Kier alpha value is -1.61. The standard InChI is InChI=1S/C15H13ClN2O/c16-14-12-9-4-3-7-18(8-9)15(19)13(12)10-5-1-2-6-11(10)17-14/h1-2,5-6,9H,3-4,7-8H2. The summed E-state index contributed by atoms with van der Waals surface area (Å²) in [5, 5.41) is 1.44. The Morgan fingerprint density at radius 3 is 3.05 bits per heavy atom. The molecule has 1 saturated heterocycles. The number of amides is 1. The average Bonchev–Trinajstić information content (AvgIpc) is 2.44. The monoisotopic (exact) mass is 272 g/mol. The van der Waals surface area contributed by atoms with Gasteiger partial charge >= 0.3 is 0 Å². The van der Waals surface area contributed by atoms with Crippen molar-refractivity contribution in [1.82, 2.24) is 9.88 Å². The van der Waals surface area contributed by atoms with Gasteiger partial charge in [0.15, 0.2) is 0 Å². The van der Waals surface area contributed by atoms with E-state index in [-0.39, 0.29) is 5.91 Å². The maximum absolute atomic E-state index is 12.6. The predicted octanol–water partition coefficient (Wildman–Crippen LogP) is 3.22. The number of carbonyl (C=O) groups is 1. The summed E-state index contributed by atoms with van der Waals surface area (Å²) in [5.41, 5.74) is 2.56. The van der Waals surface area contributed by atoms with Crippen LogP contribution in [0.4, 0.5) is 0 Å². The van der Waals surface area contributed by atoms with Gasteiger partial charge in [-0.05, 0) is 18.9 Å². The van der Waals surface area contributed by atoms with Crippen LogP contribution in [0.3, 0.4) is 0 Å². The molecular weight excluding hydrogens is 260 g/mol. The summed E-state index contributed by atoms with van der Waals surface area (Å²) in [6, 6.07) is 7.75. The topological polar surface area (TPSA) is 33.2 Å². The lowest BCUT2D eigenvalue weighted by Crippen LogP contribution is -2.44. The lowest BCUT2D eigenvalue weighted by molar-refractivity contribution is 0.0677. The van der Waals surface area contributed by atoms with Gasteiger partial charge in [-0.2, -0.15) is 0 Å². The highest BCUT2D eigenvalue weighted by molar-refractivity contribution is 6.31. The molecule has 0 N–H and O–H groups in total. The molecule has 3 heterocycles. The number of para-hydroxylation sites is 1. The summed E-state index contributed by atoms with van der Waals surface area (Å²) in [4.78, 5) is 19.1. The second-order valence-electron chi connectivity index (χ2n) is 5.30. The van der Waals surface area contributed by atoms with Crippen LogP contribution in [0.1, 0.15) is 34.7 Å². The minimum Gasteiger partial charge on any atom is -0.338 e. The van der Waals surface area contributed by atoms with Crippen molar-refractivity contribution in [2.75, 3.05) is 13.1 Å². The zero-order valence-electron chi connectivity index (χ0n) is 10.4. The maximum atomic E-state index is 12.6. The second-order valence-corrected chi connectivity index (χ2v) is 5.66. The number of halogens is 1. The molecule has 2 aliphatic rings. The van der Waals surface area contributed by atoms with Crippen LogP contribution in [0, 0.1) is 0 Å². The third-order valence-electron chi connectivity index (χ3n) is 4.21. The Morgan fingerprint density at radius 2 is 2.16 bits per heavy atom. The molecule has 19 heavy (non-hydrogen) atoms. The number of benzene rings is 1. The molecule has 4 heteroatoms. The quantitative estimate of drug-likeness (QED) is 0.690. The van der Waals surface area contributed by atoms with Gasteiger partial charge in [0.1, 0.15) is 5.15 Å². The fourth-order valence-corrected chi connectivity index (χ4v) is 3.69. The molecule has 1 aromatic carbocycles. The van der Waals surface area contributed by atoms with Crippen molar-refractivity contribution in [1.29, 1.82) is 0 Å². The van der Waals surface area contributed by atoms with Crippen molar-refractivity contribution in [2.24, 2.45) is 0 Å². The molecule has 1 fully saturated rings. The normalized spacial score (nSPS) is 21.6. The number of nitrogens with zero attached hydrogens (tertiary/aromatic N) is 2. The Labute approximate surface area is 116 Å². The van der Waals surface area contributed by atoms with Gasteiger partial charge in [0.2, 0.25) is 0 Å². The summed E-state index contributed by atoms with van der Waals surface area (Å²) >= 11 is 6.35. The smallest absolute Gasteiger partial charge is 0.254 e. The average molecular weight is 273 g/mol. The van der Waals surface area contributed by atoms with E-state index >= 15 is 0 Å². The molecule has 1 aromatic heterocycles. The third-order valence-corrected chi connectivity index (χ3v) is 4.50. The fourth-order valence-electron chi connectivity index (χ4n) is 3.36. The van der Waals surface area contributed by atoms with E-state index in [0.717, 1.165) is 48.0 Å². The van der Waals surface area contributed by atoms with Gasteiger partial charge in [0.05, 0.1) is 11.1 Å². The van der Waals surface area contributed by atoms with E-state index < -0.39 is 0 Å². The molecule has 0 radical (unpaired) electrons. The van der Waals surface area contributed by atoms with Crippen molar-refractivity contribution >= 4 is 28.4 Å². The van der Waals surface area contributed by atoms with E-state index in [2.05, 4.69) is 4.98 Å². The summed E-state index contributed by atoms with van der Waals surface area (Å²) in [6.07, 6.45) is 2.15. The number of rotatable bonds is 0. The number of pyridine rings is 1. The van der Waals surface area contributed by atoms with Crippen LogP contribution >= 0.6 is 11.6 Å². The number of carbonyl (C=O) groups excluding carboxylic acids is 1. The van der Waals surface area contributed by atoms with Crippen molar-refractivity contribution in [2.45, 2.75) is 18.8 Å². The highest BCUT2D eigenvalue weighted by Crippen LogP contribution is 2.41. The zero-order valence-corrected chi connectivity index (χ0v) is 11.2. The molecule has 96 valence electrons. The van der Waals surface area contributed by atoms with E-state index in [4.69, 9.17) is 11.6 Å². The number of hydrogen-bond donors (Lipinski definition) is 0. The molecular formula is C15H13ClN2O. The summed E-state index contributed by atoms with van der Waals surface area (Å²) in [5.74, 6) is 0.470. The molecule has 1 atom stereocenters. The van der Waals surface area contributed by atoms with Gasteiger partial charge < -0.3 is 4.90 Å². The van der Waals surface area contributed by atoms with E-state index in [0.29, 0.717) is 11.1 Å². The van der Waals surface area contributed by atoms with Crippen molar-refractivity contribution < 1.29 is 4.79 Å². The lowest BCUT2D eigenvalue weighted by Gasteiger charge is -2.39. The molecule has 2 aromatic rings. The minimum absolute atomic E-state index is 0.117. The molecule has 0 aliphatic carbocycles. The summed E-state index contributed by atoms with van der Waals surface area (Å²) < 4.78 is 0. The Morgan fingerprint density at radius 1 is 1.32 bits per heavy atom. The van der Waals surface area contributed by atoms with Crippen LogP contribution in [0.15, 0.2) is 24.3 Å². The van der Waals surface area contributed by atoms with Gasteiger partial charge in [-0.3, -0.25) is 4.79 Å². The van der Waals surface area contributed by atoms with Gasteiger partial charge in [-0.25, -0.2) is 4.98 Å². The molecule has 2 bridgehead atoms. The fraction of sp³-hybridized carbons (Fsp3) is 0.333. The molecule has 0 saturated carbocycles. The van der Waals surface area contributed by atoms with Crippen LogP contribution in [0.25, 0.3) is 10.9 Å². The highest BCUT2D eigenvalue weighted by Gasteiger charge is 2.37. The molecule has 3 nitrogen and oxygen atoms in total. The van der Waals surface area contributed by atoms with E-state index in [1.807, 2.05) is 29.2 Å². The van der Waals surface area contributed by atoms with Gasteiger partial charge in [0.25, 0.3) is 5.91 Å². The zero-order chi connectivity index (χ0) is 13.0. The van der Waals surface area contributed by atoms with Crippen LogP contribution < -0.4 is 0 Å². The van der Waals surface area contributed by atoms with Crippen LogP contribution in [0.2, 0.25) is 5.15 Å². The predicted molar refractivity (Wildman–Crippen MR) is 74.6 cm³/mol. The number of aromatic nitrogens is 1. The van der Waals surface area contributed by atoms with Crippen molar-refractivity contribution in [3.05, 3.63) is 40.5 Å². The van der Waals surface area contributed by atoms with Gasteiger partial charge in [0, 0.05) is 30.0 Å². The Kier molecular flexibility index (Phi) is 2.33. The minimum atomic E-state index is 0.117. The summed E-state index contributed by atoms with van der Waals surface area (Å²) in [6.45, 7) is 1.66. The van der Waals surface area contributed by atoms with Crippen LogP contribution in [-0.4, -0.2) is 28.9 Å². The number of fused-ring (bicyclic) bond motifs is 6. The van der Waals surface area contributed by atoms with E-state index in [1.165, 1.54) is 0 Å². The van der Waals surface area contributed by atoms with E-state index in [9.17, 15) is 4.79 Å². The first kappa shape index (κ1) is 11.2. The van der Waals surface area contributed by atoms with Crippen molar-refractivity contribution in [3.63, 3.8) is 0 Å². The number of hydrogen-bond acceptors (Lipinski definition) is 2. The number of piperidine rings is 1. The summed E-state index contributed by atoms with van der Waals surface area (Å²) in [7, 11) is 0. The van der Waals surface area contributed by atoms with E-state index in [1.54, 1.807) is 0 Å². The third kappa shape index (κ3) is 1.51. The first-order valence-corrected chi connectivity index (χ1v) is 7.01. The first-order valence-electron chi connectivity index (χ1n) is 6.63. The Balaban J connectivity index is 2.10. The molecule has 1 amide bonds. The SMILES string of the molecule is O=C1c2c(c(Cl)nc3ccccc23)C2CCCN1C2. The maximum Gasteiger partial charge on any atom is 0.254 e. The Bertz CT molecular complexity index is 698. The largest absolute Gasteiger partial charge is 0.338 e. The molecule has 1 unspecified atom stereocenters. The van der Waals surface area contributed by atoms with Crippen molar-refractivity contribution in [3.8, 4) is 0 Å². The van der Waals surface area contributed by atoms with Gasteiger partial charge in [-0.1, -0.05) is 29.8 Å². The molecule has 4 rings (SSSR count). The molecule has 2 aliphatic heterocycles. The molecule has 0 spiro atoms. The first-order chi connectivity index (χ1) is 9.25. The van der Waals surface area contributed by atoms with Gasteiger partial charge in [-0.15, -0.1) is 0 Å². The van der Waals surface area contributed by atoms with Crippen LogP contribution in [-0.2, 0) is 0 Å². The second kappa shape index (κ2) is 3.94. The lowest BCUT2D eigenvalue weighted by atomic mass is 9.83. The highest BCUT2D eigenvalue weighted by atomic mass is 35.5. The van der Waals surface area contributed by atoms with Crippen LogP contribution in [0.5, 0.6) is 0 Å².